The second-order valence-electron chi connectivity index (χ2n) is 4.08. The van der Waals surface area contributed by atoms with E-state index < -0.39 is 11.6 Å². The predicted molar refractivity (Wildman–Crippen MR) is 58.1 cm³/mol. The molecule has 0 radical (unpaired) electrons. The quantitative estimate of drug-likeness (QED) is 0.734. The Morgan fingerprint density at radius 3 is 2.38 bits per heavy atom. The standard InChI is InChI=1S/C11H19NO4/c1-3-12(8-5-9(13)14)10(15)11(16-2)6-4-7-11/h3-8H2,1-2H3,(H,13,14). The Kier molecular flexibility index (Phi) is 4.29. The largest absolute Gasteiger partial charge is 0.481 e. The van der Waals surface area contributed by atoms with E-state index in [4.69, 9.17) is 9.84 Å². The summed E-state index contributed by atoms with van der Waals surface area (Å²) < 4.78 is 5.29. The van der Waals surface area contributed by atoms with Gasteiger partial charge in [0, 0.05) is 20.2 Å². The number of rotatable bonds is 6. The number of carboxylic acids is 1. The number of hydrogen-bond acceptors (Lipinski definition) is 3. The topological polar surface area (TPSA) is 66.8 Å². The molecule has 0 aliphatic heterocycles. The fourth-order valence-electron chi connectivity index (χ4n) is 1.93. The van der Waals surface area contributed by atoms with Gasteiger partial charge in [0.15, 0.2) is 0 Å². The molecular weight excluding hydrogens is 210 g/mol. The summed E-state index contributed by atoms with van der Waals surface area (Å²) in [5.74, 6) is -0.948. The van der Waals surface area contributed by atoms with Crippen molar-refractivity contribution in [3.05, 3.63) is 0 Å². The van der Waals surface area contributed by atoms with Crippen LogP contribution in [0.25, 0.3) is 0 Å². The van der Waals surface area contributed by atoms with Gasteiger partial charge in [0.2, 0.25) is 0 Å². The molecule has 1 N–H and O–H groups in total. The zero-order valence-corrected chi connectivity index (χ0v) is 9.86. The molecule has 1 saturated carbocycles. The van der Waals surface area contributed by atoms with Gasteiger partial charge in [-0.2, -0.15) is 0 Å². The number of nitrogens with zero attached hydrogens (tertiary/aromatic N) is 1. The van der Waals surface area contributed by atoms with Gasteiger partial charge in [-0.25, -0.2) is 0 Å². The van der Waals surface area contributed by atoms with E-state index >= 15 is 0 Å². The molecule has 92 valence electrons. The zero-order valence-electron chi connectivity index (χ0n) is 9.86. The zero-order chi connectivity index (χ0) is 12.2. The average Bonchev–Trinajstić information content (AvgIpc) is 2.17. The Bertz CT molecular complexity index is 268. The SMILES string of the molecule is CCN(CCC(=O)O)C(=O)C1(OC)CCC1. The molecule has 1 aliphatic rings. The molecule has 16 heavy (non-hydrogen) atoms. The third-order valence-corrected chi connectivity index (χ3v) is 3.21. The van der Waals surface area contributed by atoms with Crippen molar-refractivity contribution in [1.29, 1.82) is 0 Å². The average molecular weight is 229 g/mol. The summed E-state index contributed by atoms with van der Waals surface area (Å²) in [5.41, 5.74) is -0.672. The molecule has 1 fully saturated rings. The van der Waals surface area contributed by atoms with E-state index in [0.717, 1.165) is 19.3 Å². The van der Waals surface area contributed by atoms with Gasteiger partial charge >= 0.3 is 5.97 Å². The van der Waals surface area contributed by atoms with Crippen LogP contribution in [0.5, 0.6) is 0 Å². The molecule has 1 rings (SSSR count). The van der Waals surface area contributed by atoms with E-state index in [0.29, 0.717) is 6.54 Å². The highest BCUT2D eigenvalue weighted by Crippen LogP contribution is 2.36. The highest BCUT2D eigenvalue weighted by molar-refractivity contribution is 5.86. The molecule has 0 aromatic rings. The van der Waals surface area contributed by atoms with Crippen LogP contribution in [0.1, 0.15) is 32.6 Å². The van der Waals surface area contributed by atoms with Crippen LogP contribution in [-0.4, -0.2) is 47.7 Å². The summed E-state index contributed by atoms with van der Waals surface area (Å²) in [7, 11) is 1.54. The lowest BCUT2D eigenvalue weighted by atomic mass is 9.78. The lowest BCUT2D eigenvalue weighted by Gasteiger charge is -2.41. The summed E-state index contributed by atoms with van der Waals surface area (Å²) in [6.07, 6.45) is 2.47. The highest BCUT2D eigenvalue weighted by Gasteiger charge is 2.46. The van der Waals surface area contributed by atoms with Gasteiger partial charge in [0.05, 0.1) is 6.42 Å². The third kappa shape index (κ3) is 2.52. The van der Waals surface area contributed by atoms with Gasteiger partial charge in [-0.15, -0.1) is 0 Å². The van der Waals surface area contributed by atoms with Crippen LogP contribution >= 0.6 is 0 Å². The van der Waals surface area contributed by atoms with Gasteiger partial charge in [0.25, 0.3) is 5.91 Å². The minimum atomic E-state index is -0.883. The second-order valence-corrected chi connectivity index (χ2v) is 4.08. The lowest BCUT2D eigenvalue weighted by molar-refractivity contribution is -0.166. The second kappa shape index (κ2) is 5.30. The fourth-order valence-corrected chi connectivity index (χ4v) is 1.93. The summed E-state index contributed by atoms with van der Waals surface area (Å²) in [5, 5.41) is 8.60. The number of hydrogen-bond donors (Lipinski definition) is 1. The molecule has 0 atom stereocenters. The molecular formula is C11H19NO4. The van der Waals surface area contributed by atoms with Crippen molar-refractivity contribution in [1.82, 2.24) is 4.90 Å². The van der Waals surface area contributed by atoms with E-state index in [1.165, 1.54) is 0 Å². The molecule has 0 bridgehead atoms. The van der Waals surface area contributed by atoms with Crippen molar-refractivity contribution in [3.63, 3.8) is 0 Å². The fraction of sp³-hybridized carbons (Fsp3) is 0.818. The molecule has 0 aromatic heterocycles. The first kappa shape index (κ1) is 13.0. The molecule has 0 unspecified atom stereocenters. The smallest absolute Gasteiger partial charge is 0.305 e. The first-order chi connectivity index (χ1) is 7.55. The number of aliphatic carboxylic acids is 1. The Morgan fingerprint density at radius 1 is 1.44 bits per heavy atom. The summed E-state index contributed by atoms with van der Waals surface area (Å²) in [4.78, 5) is 24.2. The van der Waals surface area contributed by atoms with Crippen LogP contribution in [0.3, 0.4) is 0 Å². The van der Waals surface area contributed by atoms with Crippen molar-refractivity contribution in [3.8, 4) is 0 Å². The maximum absolute atomic E-state index is 12.1. The lowest BCUT2D eigenvalue weighted by Crippen LogP contribution is -2.54. The van der Waals surface area contributed by atoms with Gasteiger partial charge < -0.3 is 14.7 Å². The number of ether oxygens (including phenoxy) is 1. The Hall–Kier alpha value is -1.10. The van der Waals surface area contributed by atoms with Crippen LogP contribution in [0.15, 0.2) is 0 Å². The minimum Gasteiger partial charge on any atom is -0.481 e. The molecule has 0 heterocycles. The number of amides is 1. The number of methoxy groups -OCH3 is 1. The van der Waals surface area contributed by atoms with E-state index in [1.54, 1.807) is 12.0 Å². The molecule has 5 nitrogen and oxygen atoms in total. The minimum absolute atomic E-state index is 0.0145. The normalized spacial score (nSPS) is 17.6. The Morgan fingerprint density at radius 2 is 2.06 bits per heavy atom. The van der Waals surface area contributed by atoms with E-state index in [-0.39, 0.29) is 18.9 Å². The Labute approximate surface area is 95.4 Å². The first-order valence-electron chi connectivity index (χ1n) is 5.62. The number of carbonyl (C=O) groups is 2. The summed E-state index contributed by atoms with van der Waals surface area (Å²) >= 11 is 0. The molecule has 0 saturated heterocycles. The van der Waals surface area contributed by atoms with E-state index in [2.05, 4.69) is 0 Å². The highest BCUT2D eigenvalue weighted by atomic mass is 16.5. The van der Waals surface area contributed by atoms with Crippen molar-refractivity contribution >= 4 is 11.9 Å². The monoisotopic (exact) mass is 229 g/mol. The molecule has 5 heteroatoms. The van der Waals surface area contributed by atoms with E-state index in [9.17, 15) is 9.59 Å². The van der Waals surface area contributed by atoms with Gasteiger partial charge in [-0.1, -0.05) is 0 Å². The molecule has 0 aromatic carbocycles. The van der Waals surface area contributed by atoms with Gasteiger partial charge in [0.1, 0.15) is 5.60 Å². The van der Waals surface area contributed by atoms with Crippen LogP contribution < -0.4 is 0 Å². The van der Waals surface area contributed by atoms with Crippen molar-refractivity contribution < 1.29 is 19.4 Å². The maximum atomic E-state index is 12.1. The third-order valence-electron chi connectivity index (χ3n) is 3.21. The van der Waals surface area contributed by atoms with Gasteiger partial charge in [-0.3, -0.25) is 9.59 Å². The summed E-state index contributed by atoms with van der Waals surface area (Å²) in [6.45, 7) is 2.63. The van der Waals surface area contributed by atoms with Crippen LogP contribution in [0.2, 0.25) is 0 Å². The van der Waals surface area contributed by atoms with Gasteiger partial charge in [-0.05, 0) is 26.2 Å². The molecule has 0 spiro atoms. The number of carboxylic acid groups (broad SMARTS) is 1. The van der Waals surface area contributed by atoms with Crippen LogP contribution in [0.4, 0.5) is 0 Å². The van der Waals surface area contributed by atoms with Crippen LogP contribution in [0, 0.1) is 0 Å². The number of likely N-dealkylation sites (N-methyl/N-ethyl adjacent to an activating group) is 1. The van der Waals surface area contributed by atoms with Crippen LogP contribution in [-0.2, 0) is 14.3 Å². The predicted octanol–water partition coefficient (Wildman–Crippen LogP) is 0.879. The maximum Gasteiger partial charge on any atom is 0.305 e. The van der Waals surface area contributed by atoms with Crippen molar-refractivity contribution in [2.45, 2.75) is 38.2 Å². The first-order valence-corrected chi connectivity index (χ1v) is 5.62. The van der Waals surface area contributed by atoms with Crippen molar-refractivity contribution in [2.24, 2.45) is 0 Å². The summed E-state index contributed by atoms with van der Waals surface area (Å²) in [6, 6.07) is 0. The Balaban J connectivity index is 2.58. The van der Waals surface area contributed by atoms with E-state index in [1.807, 2.05) is 6.92 Å². The molecule has 1 aliphatic carbocycles. The molecule has 1 amide bonds. The van der Waals surface area contributed by atoms with Crippen molar-refractivity contribution in [2.75, 3.05) is 20.2 Å². The number of carbonyl (C=O) groups excluding carboxylic acids is 1.